The van der Waals surface area contributed by atoms with Gasteiger partial charge in [0.05, 0.1) is 18.1 Å². The molecule has 3 aromatic rings. The molecular formula is C20H23N3O2. The lowest BCUT2D eigenvalue weighted by molar-refractivity contribution is 0.375. The van der Waals surface area contributed by atoms with Crippen molar-refractivity contribution in [2.24, 2.45) is 0 Å². The summed E-state index contributed by atoms with van der Waals surface area (Å²) < 4.78 is 1.50. The van der Waals surface area contributed by atoms with Crippen molar-refractivity contribution in [1.29, 1.82) is 0 Å². The molecule has 2 aromatic carbocycles. The number of nitrogens with one attached hydrogen (secondary N) is 1. The Kier molecular flexibility index (Phi) is 5.14. The number of rotatable bonds is 6. The van der Waals surface area contributed by atoms with Crippen molar-refractivity contribution in [3.8, 4) is 5.75 Å². The van der Waals surface area contributed by atoms with E-state index < -0.39 is 0 Å². The van der Waals surface area contributed by atoms with E-state index in [-0.39, 0.29) is 23.4 Å². The van der Waals surface area contributed by atoms with E-state index in [2.05, 4.69) is 17.3 Å². The van der Waals surface area contributed by atoms with E-state index in [9.17, 15) is 9.90 Å². The van der Waals surface area contributed by atoms with Gasteiger partial charge in [0.25, 0.3) is 5.56 Å². The summed E-state index contributed by atoms with van der Waals surface area (Å²) in [5.41, 5.74) is 0.790. The van der Waals surface area contributed by atoms with Crippen LogP contribution in [0.1, 0.15) is 31.9 Å². The summed E-state index contributed by atoms with van der Waals surface area (Å²) in [5.74, 6) is 0.287. The second-order valence-electron chi connectivity index (χ2n) is 6.31. The molecule has 0 saturated heterocycles. The highest BCUT2D eigenvalue weighted by Crippen LogP contribution is 2.26. The van der Waals surface area contributed by atoms with Gasteiger partial charge in [0.15, 0.2) is 0 Å². The van der Waals surface area contributed by atoms with Crippen LogP contribution >= 0.6 is 0 Å². The third-order valence-corrected chi connectivity index (χ3v) is 4.41. The highest BCUT2D eigenvalue weighted by molar-refractivity contribution is 5.80. The summed E-state index contributed by atoms with van der Waals surface area (Å²) in [6, 6.07) is 14.9. The third-order valence-electron chi connectivity index (χ3n) is 4.41. The molecule has 0 spiro atoms. The first kappa shape index (κ1) is 17.2. The van der Waals surface area contributed by atoms with Gasteiger partial charge < -0.3 is 10.4 Å². The first-order chi connectivity index (χ1) is 12.1. The average Bonchev–Trinajstić information content (AvgIpc) is 2.63. The lowest BCUT2D eigenvalue weighted by Crippen LogP contribution is -2.37. The van der Waals surface area contributed by atoms with Crippen LogP contribution in [0.2, 0.25) is 0 Å². The average molecular weight is 337 g/mol. The number of phenolic OH excluding ortho intramolecular Hbond substituents is 1. The van der Waals surface area contributed by atoms with Gasteiger partial charge in [0.1, 0.15) is 5.75 Å². The minimum Gasteiger partial charge on any atom is -0.508 e. The number of para-hydroxylation sites is 1. The van der Waals surface area contributed by atoms with Gasteiger partial charge in [0.2, 0.25) is 0 Å². The molecule has 5 heteroatoms. The molecule has 130 valence electrons. The molecule has 2 atom stereocenters. The van der Waals surface area contributed by atoms with Crippen molar-refractivity contribution in [1.82, 2.24) is 15.1 Å². The highest BCUT2D eigenvalue weighted by atomic mass is 16.3. The maximum atomic E-state index is 12.6. The number of hydrogen-bond acceptors (Lipinski definition) is 4. The van der Waals surface area contributed by atoms with Gasteiger partial charge >= 0.3 is 0 Å². The van der Waals surface area contributed by atoms with Crippen molar-refractivity contribution in [2.75, 3.05) is 0 Å². The van der Waals surface area contributed by atoms with Crippen molar-refractivity contribution in [3.05, 3.63) is 70.6 Å². The molecule has 3 rings (SSSR count). The second kappa shape index (κ2) is 7.49. The number of phenols is 1. The van der Waals surface area contributed by atoms with Crippen molar-refractivity contribution in [3.63, 3.8) is 0 Å². The van der Waals surface area contributed by atoms with E-state index in [0.29, 0.717) is 11.9 Å². The normalized spacial score (nSPS) is 13.7. The summed E-state index contributed by atoms with van der Waals surface area (Å²) >= 11 is 0. The molecule has 1 aromatic heterocycles. The number of fused-ring (bicyclic) bond motifs is 1. The molecule has 5 nitrogen and oxygen atoms in total. The summed E-state index contributed by atoms with van der Waals surface area (Å²) in [7, 11) is 0. The van der Waals surface area contributed by atoms with Crippen LogP contribution in [0.3, 0.4) is 0 Å². The van der Waals surface area contributed by atoms with Crippen LogP contribution in [-0.4, -0.2) is 20.9 Å². The van der Waals surface area contributed by atoms with Crippen molar-refractivity contribution < 1.29 is 5.11 Å². The number of aromatic hydroxyl groups is 1. The molecule has 0 amide bonds. The maximum Gasteiger partial charge on any atom is 0.274 e. The van der Waals surface area contributed by atoms with Gasteiger partial charge in [-0.05, 0) is 25.5 Å². The molecule has 1 heterocycles. The first-order valence-electron chi connectivity index (χ1n) is 8.59. The monoisotopic (exact) mass is 337 g/mol. The lowest BCUT2D eigenvalue weighted by atomic mass is 10.0. The van der Waals surface area contributed by atoms with Crippen LogP contribution in [0, 0.1) is 0 Å². The molecule has 0 radical (unpaired) electrons. The van der Waals surface area contributed by atoms with Crippen LogP contribution in [-0.2, 0) is 6.54 Å². The smallest absolute Gasteiger partial charge is 0.274 e. The lowest BCUT2D eigenvalue weighted by Gasteiger charge is -2.23. The Labute approximate surface area is 146 Å². The Balaban J connectivity index is 1.78. The van der Waals surface area contributed by atoms with Gasteiger partial charge in [-0.15, -0.1) is 0 Å². The van der Waals surface area contributed by atoms with Gasteiger partial charge in [-0.3, -0.25) is 4.79 Å². The standard InChI is InChI=1S/C20H23N3O2/c1-3-18(17-10-6-7-11-19(17)24)22-14(2)13-23-20(25)16-9-5-4-8-15(16)12-21-23/h4-12,14,18,22,24H,3,13H2,1-2H3/t14-,18+/m0/s1. The Hall–Kier alpha value is -2.66. The van der Waals surface area contributed by atoms with E-state index in [1.807, 2.05) is 49.4 Å². The Morgan fingerprint density at radius 2 is 1.88 bits per heavy atom. The molecule has 0 saturated carbocycles. The summed E-state index contributed by atoms with van der Waals surface area (Å²) in [6.45, 7) is 4.55. The number of nitrogens with zero attached hydrogens (tertiary/aromatic N) is 2. The number of aromatic nitrogens is 2. The SMILES string of the molecule is CC[C@@H](N[C@@H](C)Cn1ncc2ccccc2c1=O)c1ccccc1O. The van der Waals surface area contributed by atoms with Crippen molar-refractivity contribution in [2.45, 2.75) is 38.9 Å². The van der Waals surface area contributed by atoms with E-state index in [4.69, 9.17) is 0 Å². The van der Waals surface area contributed by atoms with E-state index in [0.717, 1.165) is 17.4 Å². The topological polar surface area (TPSA) is 67.2 Å². The van der Waals surface area contributed by atoms with E-state index >= 15 is 0 Å². The van der Waals surface area contributed by atoms with Crippen LogP contribution in [0.4, 0.5) is 0 Å². The Morgan fingerprint density at radius 1 is 1.16 bits per heavy atom. The molecule has 0 aliphatic carbocycles. The third kappa shape index (κ3) is 3.72. The van der Waals surface area contributed by atoms with E-state index in [1.54, 1.807) is 12.3 Å². The van der Waals surface area contributed by atoms with E-state index in [1.165, 1.54) is 4.68 Å². The van der Waals surface area contributed by atoms with Gasteiger partial charge in [-0.2, -0.15) is 5.10 Å². The second-order valence-corrected chi connectivity index (χ2v) is 6.31. The number of hydrogen-bond donors (Lipinski definition) is 2. The maximum absolute atomic E-state index is 12.6. The van der Waals surface area contributed by atoms with Crippen LogP contribution in [0.25, 0.3) is 10.8 Å². The summed E-state index contributed by atoms with van der Waals surface area (Å²) in [4.78, 5) is 12.6. The predicted octanol–water partition coefficient (Wildman–Crippen LogP) is 3.23. The molecule has 0 unspecified atom stereocenters. The van der Waals surface area contributed by atoms with Crippen LogP contribution < -0.4 is 10.9 Å². The molecule has 25 heavy (non-hydrogen) atoms. The molecule has 0 bridgehead atoms. The van der Waals surface area contributed by atoms with Gasteiger partial charge in [0, 0.05) is 23.0 Å². The Morgan fingerprint density at radius 3 is 2.64 bits per heavy atom. The predicted molar refractivity (Wildman–Crippen MR) is 99.7 cm³/mol. The summed E-state index contributed by atoms with van der Waals surface area (Å²) in [6.07, 6.45) is 2.56. The molecule has 2 N–H and O–H groups in total. The quantitative estimate of drug-likeness (QED) is 0.725. The first-order valence-corrected chi connectivity index (χ1v) is 8.59. The zero-order valence-electron chi connectivity index (χ0n) is 14.5. The fourth-order valence-corrected chi connectivity index (χ4v) is 3.12. The van der Waals surface area contributed by atoms with Gasteiger partial charge in [-0.25, -0.2) is 4.68 Å². The van der Waals surface area contributed by atoms with Gasteiger partial charge in [-0.1, -0.05) is 43.3 Å². The molecule has 0 fully saturated rings. The minimum atomic E-state index is -0.0812. The van der Waals surface area contributed by atoms with Crippen LogP contribution in [0.5, 0.6) is 5.75 Å². The minimum absolute atomic E-state index is 0.0207. The number of benzene rings is 2. The zero-order chi connectivity index (χ0) is 17.8. The fraction of sp³-hybridized carbons (Fsp3) is 0.300. The summed E-state index contributed by atoms with van der Waals surface area (Å²) in [5, 5.41) is 19.4. The molecule has 0 aliphatic heterocycles. The van der Waals surface area contributed by atoms with Crippen LogP contribution in [0.15, 0.2) is 59.5 Å². The highest BCUT2D eigenvalue weighted by Gasteiger charge is 2.16. The fourth-order valence-electron chi connectivity index (χ4n) is 3.12. The molecule has 0 aliphatic rings. The molecular weight excluding hydrogens is 314 g/mol. The largest absolute Gasteiger partial charge is 0.508 e. The van der Waals surface area contributed by atoms with Crippen molar-refractivity contribution >= 4 is 10.8 Å². The Bertz CT molecular complexity index is 920. The zero-order valence-corrected chi connectivity index (χ0v) is 14.5.